The summed E-state index contributed by atoms with van der Waals surface area (Å²) in [7, 11) is -3.65. The highest BCUT2D eigenvalue weighted by Crippen LogP contribution is 2.22. The Bertz CT molecular complexity index is 770. The first kappa shape index (κ1) is 16.2. The number of hydrogen-bond acceptors (Lipinski definition) is 5. The van der Waals surface area contributed by atoms with Crippen LogP contribution in [0.15, 0.2) is 47.6 Å². The SMILES string of the molecule is O=S(=O)(N[C@H]1CCCN(c2ncccn2)C1)c1ccccc1Cl. The van der Waals surface area contributed by atoms with Crippen LogP contribution in [0, 0.1) is 0 Å². The smallest absolute Gasteiger partial charge is 0.242 e. The van der Waals surface area contributed by atoms with E-state index in [0.29, 0.717) is 12.5 Å². The molecule has 0 bridgehead atoms. The van der Waals surface area contributed by atoms with E-state index >= 15 is 0 Å². The van der Waals surface area contributed by atoms with Gasteiger partial charge in [0.25, 0.3) is 0 Å². The zero-order valence-corrected chi connectivity index (χ0v) is 14.0. The number of sulfonamides is 1. The summed E-state index contributed by atoms with van der Waals surface area (Å²) in [5.74, 6) is 0.620. The molecule has 0 aliphatic carbocycles. The van der Waals surface area contributed by atoms with Crippen LogP contribution in [0.2, 0.25) is 5.02 Å². The van der Waals surface area contributed by atoms with Gasteiger partial charge >= 0.3 is 0 Å². The van der Waals surface area contributed by atoms with Crippen LogP contribution < -0.4 is 9.62 Å². The van der Waals surface area contributed by atoms with Gasteiger partial charge in [-0.15, -0.1) is 0 Å². The van der Waals surface area contributed by atoms with Crippen molar-refractivity contribution in [3.05, 3.63) is 47.7 Å². The Labute approximate surface area is 140 Å². The van der Waals surface area contributed by atoms with Crippen LogP contribution >= 0.6 is 11.6 Å². The minimum absolute atomic E-state index is 0.106. The second kappa shape index (κ2) is 6.82. The van der Waals surface area contributed by atoms with Gasteiger partial charge < -0.3 is 4.90 Å². The van der Waals surface area contributed by atoms with Gasteiger partial charge in [0.1, 0.15) is 4.90 Å². The van der Waals surface area contributed by atoms with Crippen LogP contribution in [0.5, 0.6) is 0 Å². The minimum atomic E-state index is -3.65. The Morgan fingerprint density at radius 3 is 2.65 bits per heavy atom. The number of piperidine rings is 1. The second-order valence-electron chi connectivity index (χ2n) is 5.39. The first-order valence-corrected chi connectivity index (χ1v) is 9.21. The van der Waals surface area contributed by atoms with Crippen LogP contribution in [-0.2, 0) is 10.0 Å². The molecular formula is C15H17ClN4O2S. The number of anilines is 1. The maximum atomic E-state index is 12.5. The van der Waals surface area contributed by atoms with Gasteiger partial charge in [0, 0.05) is 31.5 Å². The van der Waals surface area contributed by atoms with Gasteiger partial charge in [-0.1, -0.05) is 23.7 Å². The standard InChI is InChI=1S/C15H17ClN4O2S/c16-13-6-1-2-7-14(13)23(21,22)19-12-5-3-10-20(11-12)15-17-8-4-9-18-15/h1-2,4,6-9,12,19H,3,5,10-11H2/t12-/m0/s1. The van der Waals surface area contributed by atoms with Crippen molar-refractivity contribution in [3.8, 4) is 0 Å². The number of nitrogens with one attached hydrogen (secondary N) is 1. The molecule has 0 spiro atoms. The molecule has 0 radical (unpaired) electrons. The number of aromatic nitrogens is 2. The number of nitrogens with zero attached hydrogens (tertiary/aromatic N) is 3. The largest absolute Gasteiger partial charge is 0.339 e. The van der Waals surface area contributed by atoms with Crippen LogP contribution in [0.4, 0.5) is 5.95 Å². The Kier molecular flexibility index (Phi) is 4.79. The lowest BCUT2D eigenvalue weighted by Gasteiger charge is -2.32. The van der Waals surface area contributed by atoms with Crippen molar-refractivity contribution in [1.82, 2.24) is 14.7 Å². The van der Waals surface area contributed by atoms with Gasteiger partial charge in [-0.2, -0.15) is 0 Å². The van der Waals surface area contributed by atoms with Crippen molar-refractivity contribution in [2.75, 3.05) is 18.0 Å². The van der Waals surface area contributed by atoms with Gasteiger partial charge in [0.05, 0.1) is 5.02 Å². The third-order valence-corrected chi connectivity index (χ3v) is 5.72. The molecule has 8 heteroatoms. The lowest BCUT2D eigenvalue weighted by molar-refractivity contribution is 0.461. The van der Waals surface area contributed by atoms with E-state index in [1.807, 2.05) is 4.90 Å². The summed E-state index contributed by atoms with van der Waals surface area (Å²) in [5.41, 5.74) is 0. The summed E-state index contributed by atoms with van der Waals surface area (Å²) in [4.78, 5) is 10.5. The van der Waals surface area contributed by atoms with E-state index in [0.717, 1.165) is 19.4 Å². The van der Waals surface area contributed by atoms with E-state index in [9.17, 15) is 8.42 Å². The summed E-state index contributed by atoms with van der Waals surface area (Å²) < 4.78 is 27.8. The molecular weight excluding hydrogens is 336 g/mol. The maximum Gasteiger partial charge on any atom is 0.242 e. The normalized spacial score (nSPS) is 18.8. The topological polar surface area (TPSA) is 75.2 Å². The number of rotatable bonds is 4. The molecule has 6 nitrogen and oxygen atoms in total. The molecule has 1 aromatic heterocycles. The van der Waals surface area contributed by atoms with Crippen LogP contribution in [0.1, 0.15) is 12.8 Å². The quantitative estimate of drug-likeness (QED) is 0.911. The molecule has 1 aliphatic rings. The highest BCUT2D eigenvalue weighted by Gasteiger charge is 2.27. The van der Waals surface area contributed by atoms with Crippen molar-refractivity contribution in [3.63, 3.8) is 0 Å². The molecule has 1 saturated heterocycles. The Hall–Kier alpha value is -1.70. The Morgan fingerprint density at radius 1 is 1.17 bits per heavy atom. The van der Waals surface area contributed by atoms with Crippen molar-refractivity contribution >= 4 is 27.6 Å². The summed E-state index contributed by atoms with van der Waals surface area (Å²) in [6, 6.07) is 7.99. The number of benzene rings is 1. The molecule has 1 aliphatic heterocycles. The van der Waals surface area contributed by atoms with Crippen LogP contribution in [-0.4, -0.2) is 37.5 Å². The predicted octanol–water partition coefficient (Wildman–Crippen LogP) is 2.08. The molecule has 1 fully saturated rings. The van der Waals surface area contributed by atoms with Gasteiger partial charge in [-0.05, 0) is 31.0 Å². The third kappa shape index (κ3) is 3.80. The highest BCUT2D eigenvalue weighted by atomic mass is 35.5. The zero-order chi connectivity index (χ0) is 16.3. The summed E-state index contributed by atoms with van der Waals surface area (Å²) in [5, 5.41) is 0.221. The van der Waals surface area contributed by atoms with Crippen molar-refractivity contribution in [2.24, 2.45) is 0 Å². The first-order valence-electron chi connectivity index (χ1n) is 7.35. The second-order valence-corrected chi connectivity index (χ2v) is 7.48. The predicted molar refractivity (Wildman–Crippen MR) is 89.0 cm³/mol. The molecule has 3 rings (SSSR count). The van der Waals surface area contributed by atoms with E-state index in [1.165, 1.54) is 6.07 Å². The van der Waals surface area contributed by atoms with E-state index in [-0.39, 0.29) is 16.0 Å². The van der Waals surface area contributed by atoms with Crippen molar-refractivity contribution < 1.29 is 8.42 Å². The summed E-state index contributed by atoms with van der Waals surface area (Å²) >= 11 is 6.00. The lowest BCUT2D eigenvalue weighted by Crippen LogP contribution is -2.48. The molecule has 122 valence electrons. The van der Waals surface area contributed by atoms with Crippen molar-refractivity contribution in [2.45, 2.75) is 23.8 Å². The van der Waals surface area contributed by atoms with E-state index < -0.39 is 10.0 Å². The summed E-state index contributed by atoms with van der Waals surface area (Å²) in [6.45, 7) is 1.35. The maximum absolute atomic E-state index is 12.5. The van der Waals surface area contributed by atoms with Crippen LogP contribution in [0.25, 0.3) is 0 Å². The molecule has 0 unspecified atom stereocenters. The zero-order valence-electron chi connectivity index (χ0n) is 12.4. The molecule has 0 saturated carbocycles. The fourth-order valence-electron chi connectivity index (χ4n) is 2.66. The molecule has 1 atom stereocenters. The average Bonchev–Trinajstić information content (AvgIpc) is 2.56. The minimum Gasteiger partial charge on any atom is -0.339 e. The third-order valence-electron chi connectivity index (χ3n) is 3.70. The van der Waals surface area contributed by atoms with Crippen LogP contribution in [0.3, 0.4) is 0 Å². The molecule has 1 N–H and O–H groups in total. The molecule has 0 amide bonds. The molecule has 1 aromatic carbocycles. The van der Waals surface area contributed by atoms with Crippen molar-refractivity contribution in [1.29, 1.82) is 0 Å². The fourth-order valence-corrected chi connectivity index (χ4v) is 4.44. The molecule has 2 heterocycles. The highest BCUT2D eigenvalue weighted by molar-refractivity contribution is 7.89. The van der Waals surface area contributed by atoms with Gasteiger partial charge in [0.15, 0.2) is 0 Å². The molecule has 23 heavy (non-hydrogen) atoms. The number of hydrogen-bond donors (Lipinski definition) is 1. The lowest BCUT2D eigenvalue weighted by atomic mass is 10.1. The van der Waals surface area contributed by atoms with Gasteiger partial charge in [-0.3, -0.25) is 0 Å². The fraction of sp³-hybridized carbons (Fsp3) is 0.333. The average molecular weight is 353 g/mol. The van der Waals surface area contributed by atoms with Gasteiger partial charge in [0.2, 0.25) is 16.0 Å². The van der Waals surface area contributed by atoms with E-state index in [4.69, 9.17) is 11.6 Å². The monoisotopic (exact) mass is 352 g/mol. The van der Waals surface area contributed by atoms with Gasteiger partial charge in [-0.25, -0.2) is 23.1 Å². The Morgan fingerprint density at radius 2 is 1.91 bits per heavy atom. The summed E-state index contributed by atoms with van der Waals surface area (Å²) in [6.07, 6.45) is 5.00. The van der Waals surface area contributed by atoms with E-state index in [1.54, 1.807) is 36.7 Å². The number of halogens is 1. The Balaban J connectivity index is 1.74. The van der Waals surface area contributed by atoms with E-state index in [2.05, 4.69) is 14.7 Å². The first-order chi connectivity index (χ1) is 11.1. The molecule has 2 aromatic rings.